The molecule has 2 nitrogen and oxygen atoms in total. The lowest BCUT2D eigenvalue weighted by atomic mass is 10.2. The maximum atomic E-state index is 10.2. The van der Waals surface area contributed by atoms with Crippen LogP contribution in [0.25, 0.3) is 0 Å². The van der Waals surface area contributed by atoms with Gasteiger partial charge in [0.15, 0.2) is 0 Å². The Hall–Kier alpha value is -0.790. The van der Waals surface area contributed by atoms with Crippen LogP contribution < -0.4 is 0 Å². The molecule has 82 valence electrons. The average Bonchev–Trinajstić information content (AvgIpc) is 2.20. The molecule has 0 rings (SSSR count). The van der Waals surface area contributed by atoms with Gasteiger partial charge in [-0.05, 0) is 12.8 Å². The minimum absolute atomic E-state index is 0.595. The number of allylic oxidation sites excluding steroid dienone is 1. The third-order valence-electron chi connectivity index (χ3n) is 2.44. The topological polar surface area (TPSA) is 20.3 Å². The van der Waals surface area contributed by atoms with Gasteiger partial charge >= 0.3 is 0 Å². The zero-order valence-electron chi connectivity index (χ0n) is 9.59. The highest BCUT2D eigenvalue weighted by atomic mass is 16.1. The number of hydrogen-bond acceptors (Lipinski definition) is 2. The SMILES string of the molecule is C=C(CCC=O)N(C)CCCCCC. The summed E-state index contributed by atoms with van der Waals surface area (Å²) in [6.45, 7) is 7.24. The Kier molecular flexibility index (Phi) is 8.30. The van der Waals surface area contributed by atoms with Gasteiger partial charge in [-0.2, -0.15) is 0 Å². The lowest BCUT2D eigenvalue weighted by molar-refractivity contribution is -0.107. The van der Waals surface area contributed by atoms with Crippen LogP contribution in [0, 0.1) is 0 Å². The van der Waals surface area contributed by atoms with Gasteiger partial charge in [0.25, 0.3) is 0 Å². The molecule has 0 saturated heterocycles. The van der Waals surface area contributed by atoms with Gasteiger partial charge < -0.3 is 9.69 Å². The molecule has 0 saturated carbocycles. The summed E-state index contributed by atoms with van der Waals surface area (Å²) in [7, 11) is 2.05. The number of unbranched alkanes of at least 4 members (excludes halogenated alkanes) is 3. The molecule has 0 aliphatic heterocycles. The molecule has 0 aromatic heterocycles. The largest absolute Gasteiger partial charge is 0.378 e. The Balaban J connectivity index is 3.46. The van der Waals surface area contributed by atoms with Crippen LogP contribution in [0.4, 0.5) is 0 Å². The van der Waals surface area contributed by atoms with Crippen LogP contribution in [0.2, 0.25) is 0 Å². The van der Waals surface area contributed by atoms with Gasteiger partial charge in [0.2, 0.25) is 0 Å². The molecular weight excluding hydrogens is 174 g/mol. The normalized spacial score (nSPS) is 9.86. The maximum Gasteiger partial charge on any atom is 0.120 e. The lowest BCUT2D eigenvalue weighted by Gasteiger charge is -2.21. The molecule has 0 unspecified atom stereocenters. The van der Waals surface area contributed by atoms with Crippen molar-refractivity contribution in [2.45, 2.75) is 45.4 Å². The molecule has 14 heavy (non-hydrogen) atoms. The first-order chi connectivity index (χ1) is 6.72. The van der Waals surface area contributed by atoms with Gasteiger partial charge in [0, 0.05) is 25.7 Å². The first-order valence-corrected chi connectivity index (χ1v) is 5.55. The van der Waals surface area contributed by atoms with Crippen molar-refractivity contribution >= 4 is 6.29 Å². The van der Waals surface area contributed by atoms with E-state index in [9.17, 15) is 4.79 Å². The summed E-state index contributed by atoms with van der Waals surface area (Å²) >= 11 is 0. The zero-order valence-corrected chi connectivity index (χ0v) is 9.59. The van der Waals surface area contributed by atoms with Crippen molar-refractivity contribution in [1.82, 2.24) is 4.90 Å². The van der Waals surface area contributed by atoms with E-state index in [1.165, 1.54) is 25.7 Å². The molecule has 0 spiro atoms. The molecule has 0 fully saturated rings. The van der Waals surface area contributed by atoms with E-state index in [1.54, 1.807) is 0 Å². The van der Waals surface area contributed by atoms with Crippen molar-refractivity contribution in [3.05, 3.63) is 12.3 Å². The monoisotopic (exact) mass is 197 g/mol. The summed E-state index contributed by atoms with van der Waals surface area (Å²) in [5, 5.41) is 0. The molecule has 0 aliphatic rings. The predicted octanol–water partition coefficient (Wildman–Crippen LogP) is 2.99. The van der Waals surface area contributed by atoms with E-state index in [4.69, 9.17) is 0 Å². The van der Waals surface area contributed by atoms with Crippen LogP contribution in [0.3, 0.4) is 0 Å². The standard InChI is InChI=1S/C12H23NO/c1-4-5-6-7-10-13(3)12(2)9-8-11-14/h11H,2,4-10H2,1,3H3. The van der Waals surface area contributed by atoms with Crippen LogP contribution in [-0.4, -0.2) is 24.8 Å². The number of aldehydes is 1. The third kappa shape index (κ3) is 6.70. The second-order valence-electron chi connectivity index (χ2n) is 3.75. The first kappa shape index (κ1) is 13.2. The fourth-order valence-corrected chi connectivity index (χ4v) is 1.35. The van der Waals surface area contributed by atoms with Crippen molar-refractivity contribution in [1.29, 1.82) is 0 Å². The number of rotatable bonds is 9. The van der Waals surface area contributed by atoms with Gasteiger partial charge in [-0.1, -0.05) is 32.8 Å². The smallest absolute Gasteiger partial charge is 0.120 e. The molecule has 2 heteroatoms. The molecule has 0 aromatic carbocycles. The maximum absolute atomic E-state index is 10.2. The highest BCUT2D eigenvalue weighted by Crippen LogP contribution is 2.08. The van der Waals surface area contributed by atoms with Gasteiger partial charge in [-0.15, -0.1) is 0 Å². The van der Waals surface area contributed by atoms with Crippen molar-refractivity contribution < 1.29 is 4.79 Å². The Morgan fingerprint density at radius 2 is 2.07 bits per heavy atom. The number of hydrogen-bond donors (Lipinski definition) is 0. The Morgan fingerprint density at radius 3 is 2.64 bits per heavy atom. The predicted molar refractivity (Wildman–Crippen MR) is 61.2 cm³/mol. The van der Waals surface area contributed by atoms with E-state index in [0.717, 1.165) is 24.9 Å². The number of nitrogens with zero attached hydrogens (tertiary/aromatic N) is 1. The highest BCUT2D eigenvalue weighted by Gasteiger charge is 2.00. The van der Waals surface area contributed by atoms with E-state index in [1.807, 2.05) is 0 Å². The quantitative estimate of drug-likeness (QED) is 0.418. The summed E-state index contributed by atoms with van der Waals surface area (Å²) in [4.78, 5) is 12.3. The molecule has 0 N–H and O–H groups in total. The summed E-state index contributed by atoms with van der Waals surface area (Å²) in [5.74, 6) is 0. The van der Waals surface area contributed by atoms with Crippen LogP contribution in [0.15, 0.2) is 12.3 Å². The Bertz CT molecular complexity index is 166. The van der Waals surface area contributed by atoms with Crippen molar-refractivity contribution in [3.63, 3.8) is 0 Å². The third-order valence-corrected chi connectivity index (χ3v) is 2.44. The second-order valence-corrected chi connectivity index (χ2v) is 3.75. The highest BCUT2D eigenvalue weighted by molar-refractivity contribution is 5.49. The Morgan fingerprint density at radius 1 is 1.36 bits per heavy atom. The molecule has 0 radical (unpaired) electrons. The average molecular weight is 197 g/mol. The molecule has 0 aliphatic carbocycles. The summed E-state index contributed by atoms with van der Waals surface area (Å²) in [5.41, 5.74) is 1.08. The van der Waals surface area contributed by atoms with E-state index in [0.29, 0.717) is 6.42 Å². The molecule has 0 bridgehead atoms. The molecule has 0 amide bonds. The second kappa shape index (κ2) is 8.79. The van der Waals surface area contributed by atoms with Crippen molar-refractivity contribution in [2.75, 3.05) is 13.6 Å². The van der Waals surface area contributed by atoms with Crippen molar-refractivity contribution in [2.24, 2.45) is 0 Å². The van der Waals surface area contributed by atoms with E-state index in [-0.39, 0.29) is 0 Å². The Labute approximate surface area is 88.0 Å². The first-order valence-electron chi connectivity index (χ1n) is 5.55. The summed E-state index contributed by atoms with van der Waals surface area (Å²) in [6.07, 6.45) is 7.46. The fourth-order valence-electron chi connectivity index (χ4n) is 1.35. The van der Waals surface area contributed by atoms with Gasteiger partial charge in [0.05, 0.1) is 0 Å². The summed E-state index contributed by atoms with van der Waals surface area (Å²) in [6, 6.07) is 0. The van der Waals surface area contributed by atoms with E-state index in [2.05, 4.69) is 25.5 Å². The zero-order chi connectivity index (χ0) is 10.8. The van der Waals surface area contributed by atoms with Crippen molar-refractivity contribution in [3.8, 4) is 0 Å². The molecule has 0 heterocycles. The minimum Gasteiger partial charge on any atom is -0.378 e. The van der Waals surface area contributed by atoms with Gasteiger partial charge in [0.1, 0.15) is 6.29 Å². The lowest BCUT2D eigenvalue weighted by Crippen LogP contribution is -2.18. The van der Waals surface area contributed by atoms with Crippen LogP contribution in [0.5, 0.6) is 0 Å². The van der Waals surface area contributed by atoms with Gasteiger partial charge in [-0.25, -0.2) is 0 Å². The number of carbonyl (C=O) groups is 1. The van der Waals surface area contributed by atoms with Crippen LogP contribution in [-0.2, 0) is 4.79 Å². The fraction of sp³-hybridized carbons (Fsp3) is 0.750. The molecular formula is C12H23NO. The molecule has 0 atom stereocenters. The minimum atomic E-state index is 0.595. The number of carbonyl (C=O) groups excluding carboxylic acids is 1. The van der Waals surface area contributed by atoms with Gasteiger partial charge in [-0.3, -0.25) is 0 Å². The van der Waals surface area contributed by atoms with Crippen LogP contribution in [0.1, 0.15) is 45.4 Å². The summed E-state index contributed by atoms with van der Waals surface area (Å²) < 4.78 is 0. The van der Waals surface area contributed by atoms with Crippen LogP contribution >= 0.6 is 0 Å². The van der Waals surface area contributed by atoms with E-state index < -0.39 is 0 Å². The van der Waals surface area contributed by atoms with E-state index >= 15 is 0 Å². The molecule has 0 aromatic rings.